The van der Waals surface area contributed by atoms with Crippen molar-refractivity contribution < 1.29 is 31.6 Å². The van der Waals surface area contributed by atoms with Crippen LogP contribution in [0.2, 0.25) is 5.02 Å². The first-order chi connectivity index (χ1) is 16.3. The van der Waals surface area contributed by atoms with Gasteiger partial charge in [0.15, 0.2) is 0 Å². The number of alkyl halides is 3. The van der Waals surface area contributed by atoms with Crippen LogP contribution < -0.4 is 20.7 Å². The molecule has 0 bridgehead atoms. The van der Waals surface area contributed by atoms with Gasteiger partial charge in [-0.1, -0.05) is 17.7 Å². The molecule has 0 aliphatic heterocycles. The van der Waals surface area contributed by atoms with E-state index in [1.54, 1.807) is 12.1 Å². The van der Waals surface area contributed by atoms with Gasteiger partial charge in [0.1, 0.15) is 17.2 Å². The Kier molecular flexibility index (Phi) is 5.66. The van der Waals surface area contributed by atoms with Crippen molar-refractivity contribution >= 4 is 34.9 Å². The molecule has 166 valence electrons. The molecule has 11 heteroatoms. The van der Waals surface area contributed by atoms with E-state index in [9.17, 15) is 22.8 Å². The van der Waals surface area contributed by atoms with Gasteiger partial charge in [-0.15, -0.1) is 0 Å². The number of carbonyl (C=O) groups is 2. The number of hydrogen-bond acceptors (Lipinski definition) is 4. The number of ether oxygens (including phenoxy) is 1. The zero-order valence-electron chi connectivity index (χ0n) is 19.0. The summed E-state index contributed by atoms with van der Waals surface area (Å²) in [5, 5.41) is 6.07. The van der Waals surface area contributed by atoms with Gasteiger partial charge in [-0.25, -0.2) is 4.79 Å². The Hall–Kier alpha value is -3.79. The summed E-state index contributed by atoms with van der Waals surface area (Å²) in [6.07, 6.45) is -3.43. The van der Waals surface area contributed by atoms with E-state index in [1.165, 1.54) is 36.5 Å². The molecule has 3 rings (SSSR count). The topological polar surface area (TPSA) is 92.4 Å². The second-order valence-corrected chi connectivity index (χ2v) is 6.64. The van der Waals surface area contributed by atoms with Crippen LogP contribution in [0.15, 0.2) is 60.8 Å². The summed E-state index contributed by atoms with van der Waals surface area (Å²) < 4.78 is 65.9. The highest BCUT2D eigenvalue weighted by atomic mass is 35.5. The van der Waals surface area contributed by atoms with Crippen LogP contribution in [0.4, 0.5) is 29.3 Å². The highest BCUT2D eigenvalue weighted by Crippen LogP contribution is 2.36. The highest BCUT2D eigenvalue weighted by Gasteiger charge is 2.33. The van der Waals surface area contributed by atoms with E-state index in [2.05, 4.69) is 15.6 Å². The van der Waals surface area contributed by atoms with Crippen molar-refractivity contribution in [2.75, 3.05) is 17.6 Å². The molecule has 0 saturated heterocycles. The molecule has 0 radical (unpaired) electrons. The normalized spacial score (nSPS) is 12.7. The molecule has 2 aromatic carbocycles. The fourth-order valence-electron chi connectivity index (χ4n) is 2.55. The summed E-state index contributed by atoms with van der Waals surface area (Å²) in [6.45, 7) is -2.68. The van der Waals surface area contributed by atoms with Gasteiger partial charge in [-0.2, -0.15) is 13.2 Å². The molecule has 1 heterocycles. The lowest BCUT2D eigenvalue weighted by Gasteiger charge is -2.13. The van der Waals surface area contributed by atoms with Crippen LogP contribution >= 0.6 is 11.6 Å². The van der Waals surface area contributed by atoms with Crippen LogP contribution in [0.25, 0.3) is 0 Å². The van der Waals surface area contributed by atoms with E-state index in [1.807, 2.05) is 5.32 Å². The molecular formula is C21H16ClF3N4O3. The van der Waals surface area contributed by atoms with E-state index in [4.69, 9.17) is 20.5 Å². The Balaban J connectivity index is 1.68. The van der Waals surface area contributed by atoms with Gasteiger partial charge >= 0.3 is 12.2 Å². The van der Waals surface area contributed by atoms with Gasteiger partial charge in [0.2, 0.25) is 0 Å². The van der Waals surface area contributed by atoms with Crippen molar-refractivity contribution in [3.8, 4) is 11.5 Å². The van der Waals surface area contributed by atoms with Crippen LogP contribution in [0.3, 0.4) is 0 Å². The molecule has 0 aliphatic carbocycles. The van der Waals surface area contributed by atoms with Crippen LogP contribution in [0, 0.1) is 0 Å². The van der Waals surface area contributed by atoms with Crippen molar-refractivity contribution in [2.24, 2.45) is 0 Å². The first-order valence-electron chi connectivity index (χ1n) is 10.3. The molecule has 0 aliphatic rings. The fourth-order valence-corrected chi connectivity index (χ4v) is 2.77. The number of halogens is 4. The average Bonchev–Trinajstić information content (AvgIpc) is 2.73. The number of nitrogens with one attached hydrogen (secondary N) is 3. The summed E-state index contributed by atoms with van der Waals surface area (Å²) in [5.74, 6) is -0.515. The lowest BCUT2D eigenvalue weighted by molar-refractivity contribution is -0.137. The molecule has 3 N–H and O–H groups in total. The number of benzene rings is 2. The minimum Gasteiger partial charge on any atom is -0.457 e. The van der Waals surface area contributed by atoms with Gasteiger partial charge in [0.25, 0.3) is 5.91 Å². The predicted octanol–water partition coefficient (Wildman–Crippen LogP) is 5.55. The zero-order valence-corrected chi connectivity index (χ0v) is 16.7. The molecule has 1 aromatic heterocycles. The minimum absolute atomic E-state index is 0.119. The number of anilines is 2. The van der Waals surface area contributed by atoms with Crippen molar-refractivity contribution in [3.05, 3.63) is 77.1 Å². The fraction of sp³-hybridized carbons (Fsp3) is 0.0952. The third kappa shape index (κ3) is 5.88. The summed E-state index contributed by atoms with van der Waals surface area (Å²) in [6, 6.07) is 10.8. The van der Waals surface area contributed by atoms with Gasteiger partial charge in [-0.05, 0) is 36.4 Å². The smallest absolute Gasteiger partial charge is 0.417 e. The summed E-state index contributed by atoms with van der Waals surface area (Å²) in [7, 11) is 0. The van der Waals surface area contributed by atoms with Crippen molar-refractivity contribution in [1.29, 1.82) is 0 Å². The van der Waals surface area contributed by atoms with E-state index in [-0.39, 0.29) is 28.6 Å². The lowest BCUT2D eigenvalue weighted by atomic mass is 10.2. The molecule has 3 amide bonds. The maximum atomic E-state index is 13.0. The number of rotatable bonds is 5. The summed E-state index contributed by atoms with van der Waals surface area (Å²) >= 11 is 5.57. The Morgan fingerprint density at radius 1 is 1.03 bits per heavy atom. The van der Waals surface area contributed by atoms with Gasteiger partial charge in [0, 0.05) is 40.8 Å². The number of amides is 3. The Bertz CT molecular complexity index is 1260. The van der Waals surface area contributed by atoms with E-state index >= 15 is 0 Å². The summed E-state index contributed by atoms with van der Waals surface area (Å²) in [4.78, 5) is 28.0. The van der Waals surface area contributed by atoms with Crippen LogP contribution in [-0.2, 0) is 6.18 Å². The van der Waals surface area contributed by atoms with E-state index < -0.39 is 35.7 Å². The molecule has 0 unspecified atom stereocenters. The Morgan fingerprint density at radius 3 is 2.47 bits per heavy atom. The highest BCUT2D eigenvalue weighted by molar-refractivity contribution is 6.31. The minimum atomic E-state index is -4.68. The first kappa shape index (κ1) is 18.9. The second-order valence-electron chi connectivity index (χ2n) is 6.23. The van der Waals surface area contributed by atoms with Crippen molar-refractivity contribution in [2.45, 2.75) is 6.18 Å². The van der Waals surface area contributed by atoms with Crippen LogP contribution in [0.5, 0.6) is 11.5 Å². The Morgan fingerprint density at radius 2 is 1.75 bits per heavy atom. The van der Waals surface area contributed by atoms with Gasteiger partial charge in [-0.3, -0.25) is 9.78 Å². The number of carbonyl (C=O) groups excluding carboxylic acids is 2. The van der Waals surface area contributed by atoms with Gasteiger partial charge in [0.05, 0.1) is 10.6 Å². The number of hydrogen-bond donors (Lipinski definition) is 3. The molecule has 0 saturated carbocycles. The number of aromatic nitrogens is 1. The van der Waals surface area contributed by atoms with Crippen molar-refractivity contribution in [1.82, 2.24) is 10.3 Å². The average molecular weight is 468 g/mol. The zero-order chi connectivity index (χ0) is 25.8. The van der Waals surface area contributed by atoms with Gasteiger partial charge < -0.3 is 20.7 Å². The molecule has 32 heavy (non-hydrogen) atoms. The monoisotopic (exact) mass is 467 g/mol. The largest absolute Gasteiger partial charge is 0.457 e. The third-order valence-corrected chi connectivity index (χ3v) is 4.26. The first-order valence-corrected chi connectivity index (χ1v) is 9.19. The SMILES string of the molecule is [2H]C([2H])([2H])NC(=O)c1cc(Oc2cccc(NC(=O)Nc3ccc(Cl)c(C(F)(F)F)c3)c2)ccn1. The van der Waals surface area contributed by atoms with E-state index in [0.29, 0.717) is 6.07 Å². The molecule has 3 aromatic rings. The standard InChI is InChI=1S/C21H16ClF3N4O3/c1-26-19(30)18-11-15(7-8-27-18)32-14-4-2-3-12(9-14)28-20(31)29-13-5-6-17(22)16(10-13)21(23,24)25/h2-11H,1H3,(H,26,30)(H2,28,29,31)/i1D3. The number of urea groups is 1. The van der Waals surface area contributed by atoms with Crippen molar-refractivity contribution in [3.63, 3.8) is 0 Å². The summed E-state index contributed by atoms with van der Waals surface area (Å²) in [5.41, 5.74) is -1.14. The quantitative estimate of drug-likeness (QED) is 0.458. The molecule has 0 fully saturated rings. The molecular weight excluding hydrogens is 449 g/mol. The number of pyridine rings is 1. The maximum absolute atomic E-state index is 13.0. The lowest BCUT2D eigenvalue weighted by Crippen LogP contribution is -2.20. The number of nitrogens with zero attached hydrogens (tertiary/aromatic N) is 1. The Labute approximate surface area is 189 Å². The third-order valence-electron chi connectivity index (χ3n) is 3.93. The van der Waals surface area contributed by atoms with E-state index in [0.717, 1.165) is 6.07 Å². The predicted molar refractivity (Wildman–Crippen MR) is 113 cm³/mol. The molecule has 7 nitrogen and oxygen atoms in total. The second kappa shape index (κ2) is 9.56. The molecule has 0 atom stereocenters. The molecule has 0 spiro atoms. The van der Waals surface area contributed by atoms with Crippen LogP contribution in [-0.4, -0.2) is 23.9 Å². The maximum Gasteiger partial charge on any atom is 0.417 e. The van der Waals surface area contributed by atoms with Crippen LogP contribution in [0.1, 0.15) is 20.2 Å².